The molecule has 0 radical (unpaired) electrons. The van der Waals surface area contributed by atoms with Gasteiger partial charge in [-0.05, 0) is 37.3 Å². The predicted octanol–water partition coefficient (Wildman–Crippen LogP) is 5.10. The maximum atomic E-state index is 13.3. The van der Waals surface area contributed by atoms with E-state index < -0.39 is 11.8 Å². The van der Waals surface area contributed by atoms with E-state index in [4.69, 9.17) is 32.7 Å². The van der Waals surface area contributed by atoms with Crippen LogP contribution in [0.25, 0.3) is 0 Å². The first-order valence-corrected chi connectivity index (χ1v) is 6.86. The molecule has 110 valence electrons. The standard InChI is InChI=1S/C15H11Cl2FO3/c1-2-20-15(19)11-7-9(18)3-6-14(11)21-10-4-5-12(16)13(17)8-10/h3-8H,2H2,1H3. The van der Waals surface area contributed by atoms with E-state index in [0.717, 1.165) is 6.07 Å². The lowest BCUT2D eigenvalue weighted by atomic mass is 10.2. The first kappa shape index (κ1) is 15.6. The molecule has 2 aromatic carbocycles. The fourth-order valence-corrected chi connectivity index (χ4v) is 1.91. The van der Waals surface area contributed by atoms with Crippen molar-refractivity contribution in [2.24, 2.45) is 0 Å². The average molecular weight is 329 g/mol. The van der Waals surface area contributed by atoms with E-state index in [0.29, 0.717) is 15.8 Å². The minimum absolute atomic E-state index is 0.00271. The van der Waals surface area contributed by atoms with Gasteiger partial charge in [-0.1, -0.05) is 23.2 Å². The van der Waals surface area contributed by atoms with E-state index in [2.05, 4.69) is 0 Å². The third kappa shape index (κ3) is 3.86. The van der Waals surface area contributed by atoms with Crippen LogP contribution in [-0.4, -0.2) is 12.6 Å². The van der Waals surface area contributed by atoms with Gasteiger partial charge in [-0.2, -0.15) is 0 Å². The van der Waals surface area contributed by atoms with E-state index in [1.165, 1.54) is 18.2 Å². The van der Waals surface area contributed by atoms with Gasteiger partial charge in [0.15, 0.2) is 0 Å². The summed E-state index contributed by atoms with van der Waals surface area (Å²) >= 11 is 11.7. The van der Waals surface area contributed by atoms with Gasteiger partial charge in [0, 0.05) is 6.07 Å². The van der Waals surface area contributed by atoms with Gasteiger partial charge >= 0.3 is 5.97 Å². The van der Waals surface area contributed by atoms with Crippen LogP contribution in [-0.2, 0) is 4.74 Å². The van der Waals surface area contributed by atoms with Crippen LogP contribution < -0.4 is 4.74 Å². The maximum Gasteiger partial charge on any atom is 0.342 e. The Bertz CT molecular complexity index is 674. The highest BCUT2D eigenvalue weighted by atomic mass is 35.5. The van der Waals surface area contributed by atoms with Crippen LogP contribution >= 0.6 is 23.2 Å². The van der Waals surface area contributed by atoms with Crippen LogP contribution in [0.4, 0.5) is 4.39 Å². The second-order valence-electron chi connectivity index (χ2n) is 4.04. The quantitative estimate of drug-likeness (QED) is 0.732. The molecule has 0 spiro atoms. The summed E-state index contributed by atoms with van der Waals surface area (Å²) in [7, 11) is 0. The monoisotopic (exact) mass is 328 g/mol. The molecular formula is C15H11Cl2FO3. The van der Waals surface area contributed by atoms with E-state index in [9.17, 15) is 9.18 Å². The predicted molar refractivity (Wildman–Crippen MR) is 78.9 cm³/mol. The van der Waals surface area contributed by atoms with Crippen LogP contribution in [0.1, 0.15) is 17.3 Å². The lowest BCUT2D eigenvalue weighted by Gasteiger charge is -2.11. The molecule has 0 aliphatic carbocycles. The van der Waals surface area contributed by atoms with Gasteiger partial charge < -0.3 is 9.47 Å². The molecule has 2 rings (SSSR count). The molecule has 0 fully saturated rings. The van der Waals surface area contributed by atoms with Crippen LogP contribution in [0, 0.1) is 5.82 Å². The van der Waals surface area contributed by atoms with Crippen molar-refractivity contribution in [3.8, 4) is 11.5 Å². The molecule has 0 unspecified atom stereocenters. The van der Waals surface area contributed by atoms with Gasteiger partial charge in [0.1, 0.15) is 22.9 Å². The van der Waals surface area contributed by atoms with Gasteiger partial charge in [-0.25, -0.2) is 9.18 Å². The van der Waals surface area contributed by atoms with Crippen molar-refractivity contribution in [1.82, 2.24) is 0 Å². The van der Waals surface area contributed by atoms with Crippen LogP contribution in [0.2, 0.25) is 10.0 Å². The molecule has 21 heavy (non-hydrogen) atoms. The van der Waals surface area contributed by atoms with E-state index in [1.54, 1.807) is 19.1 Å². The number of halogens is 3. The number of carbonyl (C=O) groups excluding carboxylic acids is 1. The summed E-state index contributed by atoms with van der Waals surface area (Å²) in [6, 6.07) is 8.26. The fraction of sp³-hybridized carbons (Fsp3) is 0.133. The van der Waals surface area contributed by atoms with E-state index >= 15 is 0 Å². The number of hydrogen-bond donors (Lipinski definition) is 0. The van der Waals surface area contributed by atoms with Gasteiger partial charge in [0.25, 0.3) is 0 Å². The molecule has 0 aliphatic rings. The molecule has 0 N–H and O–H groups in total. The van der Waals surface area contributed by atoms with Crippen molar-refractivity contribution in [1.29, 1.82) is 0 Å². The highest BCUT2D eigenvalue weighted by Crippen LogP contribution is 2.31. The second-order valence-corrected chi connectivity index (χ2v) is 4.85. The number of esters is 1. The van der Waals surface area contributed by atoms with E-state index in [-0.39, 0.29) is 17.9 Å². The lowest BCUT2D eigenvalue weighted by Crippen LogP contribution is -2.07. The number of ether oxygens (including phenoxy) is 2. The Morgan fingerprint density at radius 3 is 2.57 bits per heavy atom. The summed E-state index contributed by atoms with van der Waals surface area (Å²) in [6.45, 7) is 1.85. The van der Waals surface area contributed by atoms with Crippen LogP contribution in [0.3, 0.4) is 0 Å². The topological polar surface area (TPSA) is 35.5 Å². The van der Waals surface area contributed by atoms with Crippen molar-refractivity contribution in [3.63, 3.8) is 0 Å². The van der Waals surface area contributed by atoms with Crippen LogP contribution in [0.15, 0.2) is 36.4 Å². The number of hydrogen-bond acceptors (Lipinski definition) is 3. The third-order valence-corrected chi connectivity index (χ3v) is 3.29. The first-order valence-electron chi connectivity index (χ1n) is 6.11. The molecule has 0 aromatic heterocycles. The Morgan fingerprint density at radius 1 is 1.14 bits per heavy atom. The van der Waals surface area contributed by atoms with Crippen molar-refractivity contribution < 1.29 is 18.7 Å². The fourth-order valence-electron chi connectivity index (χ4n) is 1.63. The molecule has 0 aliphatic heterocycles. The highest BCUT2D eigenvalue weighted by Gasteiger charge is 2.16. The molecule has 0 bridgehead atoms. The Kier molecular flexibility index (Phi) is 5.04. The Labute approximate surface area is 131 Å². The van der Waals surface area contributed by atoms with Gasteiger partial charge in [0.05, 0.1) is 16.7 Å². The molecule has 0 heterocycles. The first-order chi connectivity index (χ1) is 10.0. The summed E-state index contributed by atoms with van der Waals surface area (Å²) in [5, 5.41) is 0.697. The van der Waals surface area contributed by atoms with E-state index in [1.807, 2.05) is 0 Å². The van der Waals surface area contributed by atoms with Gasteiger partial charge in [-0.3, -0.25) is 0 Å². The molecule has 2 aromatic rings. The summed E-state index contributed by atoms with van der Waals surface area (Å²) in [4.78, 5) is 11.8. The van der Waals surface area contributed by atoms with Gasteiger partial charge in [-0.15, -0.1) is 0 Å². The molecule has 0 saturated carbocycles. The lowest BCUT2D eigenvalue weighted by molar-refractivity contribution is 0.0523. The minimum Gasteiger partial charge on any atom is -0.462 e. The SMILES string of the molecule is CCOC(=O)c1cc(F)ccc1Oc1ccc(Cl)c(Cl)c1. The molecule has 0 saturated heterocycles. The number of benzene rings is 2. The maximum absolute atomic E-state index is 13.3. The Morgan fingerprint density at radius 2 is 1.90 bits per heavy atom. The molecule has 0 atom stereocenters. The molecule has 0 amide bonds. The normalized spacial score (nSPS) is 10.3. The largest absolute Gasteiger partial charge is 0.462 e. The molecule has 6 heteroatoms. The third-order valence-electron chi connectivity index (χ3n) is 2.56. The zero-order valence-electron chi connectivity index (χ0n) is 11.0. The Balaban J connectivity index is 2.34. The van der Waals surface area contributed by atoms with Crippen molar-refractivity contribution in [2.45, 2.75) is 6.92 Å². The summed E-state index contributed by atoms with van der Waals surface area (Å²) in [6.07, 6.45) is 0. The number of carbonyl (C=O) groups is 1. The summed E-state index contributed by atoms with van der Waals surface area (Å²) < 4.78 is 23.7. The van der Waals surface area contributed by atoms with Crippen LogP contribution in [0.5, 0.6) is 11.5 Å². The molecular weight excluding hydrogens is 318 g/mol. The summed E-state index contributed by atoms with van der Waals surface area (Å²) in [5.74, 6) is -0.665. The highest BCUT2D eigenvalue weighted by molar-refractivity contribution is 6.42. The Hall–Kier alpha value is -1.78. The van der Waals surface area contributed by atoms with Crippen molar-refractivity contribution in [2.75, 3.05) is 6.61 Å². The van der Waals surface area contributed by atoms with Crippen molar-refractivity contribution >= 4 is 29.2 Å². The zero-order valence-corrected chi connectivity index (χ0v) is 12.5. The van der Waals surface area contributed by atoms with Crippen molar-refractivity contribution in [3.05, 3.63) is 57.8 Å². The van der Waals surface area contributed by atoms with Gasteiger partial charge in [0.2, 0.25) is 0 Å². The minimum atomic E-state index is -0.660. The summed E-state index contributed by atoms with van der Waals surface area (Å²) in [5.41, 5.74) is 0.00271. The second kappa shape index (κ2) is 6.78. The zero-order chi connectivity index (χ0) is 15.4. The molecule has 3 nitrogen and oxygen atoms in total. The smallest absolute Gasteiger partial charge is 0.342 e. The number of rotatable bonds is 4. The average Bonchev–Trinajstić information content (AvgIpc) is 2.45.